The molecule has 8 nitrogen and oxygen atoms in total. The summed E-state index contributed by atoms with van der Waals surface area (Å²) in [6.45, 7) is 7.47. The Hall–Kier alpha value is -3.42. The second-order valence-electron chi connectivity index (χ2n) is 7.76. The molecule has 0 unspecified atom stereocenters. The smallest absolute Gasteiger partial charge is 0.321 e. The third-order valence-electron chi connectivity index (χ3n) is 4.69. The molecule has 2 N–H and O–H groups in total. The van der Waals surface area contributed by atoms with Crippen LogP contribution in [0, 0.1) is 0 Å². The molecule has 144 valence electrons. The fourth-order valence-corrected chi connectivity index (χ4v) is 3.29. The number of nitrogens with one attached hydrogen (secondary N) is 2. The zero-order valence-electron chi connectivity index (χ0n) is 16.1. The third kappa shape index (κ3) is 3.17. The first kappa shape index (κ1) is 18.0. The number of aromatic nitrogens is 3. The van der Waals surface area contributed by atoms with E-state index >= 15 is 0 Å². The average molecular weight is 378 g/mol. The fourth-order valence-electron chi connectivity index (χ4n) is 3.29. The number of urea groups is 1. The standard InChI is InChI=1S/C20H22N6O2/c1-20(2,3)16-7-8-21-17-15(12-23-26(16)17)18(27)24-13-5-4-6-14(11-13)25-10-9-22-19(25)28/h4-8,11-12H,9-10H2,1-3H3,(H,22,28)(H,24,27). The minimum atomic E-state index is -0.295. The van der Waals surface area contributed by atoms with Gasteiger partial charge in [-0.1, -0.05) is 26.8 Å². The summed E-state index contributed by atoms with van der Waals surface area (Å²) < 4.78 is 1.71. The first-order chi connectivity index (χ1) is 13.3. The summed E-state index contributed by atoms with van der Waals surface area (Å²) >= 11 is 0. The Balaban J connectivity index is 1.62. The highest BCUT2D eigenvalue weighted by Crippen LogP contribution is 2.24. The molecule has 0 radical (unpaired) electrons. The minimum absolute atomic E-state index is 0.133. The summed E-state index contributed by atoms with van der Waals surface area (Å²) in [7, 11) is 0. The molecule has 3 amide bonds. The molecule has 3 heterocycles. The van der Waals surface area contributed by atoms with Crippen LogP contribution in [-0.2, 0) is 5.41 Å². The summed E-state index contributed by atoms with van der Waals surface area (Å²) in [4.78, 5) is 30.7. The SMILES string of the molecule is CC(C)(C)c1ccnc2c(C(=O)Nc3cccc(N4CCNC4=O)c3)cnn12. The van der Waals surface area contributed by atoms with E-state index in [-0.39, 0.29) is 17.4 Å². The van der Waals surface area contributed by atoms with Gasteiger partial charge < -0.3 is 10.6 Å². The number of anilines is 2. The van der Waals surface area contributed by atoms with Crippen LogP contribution >= 0.6 is 0 Å². The third-order valence-corrected chi connectivity index (χ3v) is 4.69. The molecule has 2 aromatic heterocycles. The van der Waals surface area contributed by atoms with Gasteiger partial charge in [-0.3, -0.25) is 9.69 Å². The number of fused-ring (bicyclic) bond motifs is 1. The molecule has 3 aromatic rings. The lowest BCUT2D eigenvalue weighted by atomic mass is 9.92. The number of hydrogen-bond donors (Lipinski definition) is 2. The molecule has 0 atom stereocenters. The summed E-state index contributed by atoms with van der Waals surface area (Å²) in [6, 6.07) is 8.99. The number of nitrogens with zero attached hydrogens (tertiary/aromatic N) is 4. The molecular weight excluding hydrogens is 356 g/mol. The normalized spacial score (nSPS) is 14.4. The van der Waals surface area contributed by atoms with Gasteiger partial charge in [-0.05, 0) is 24.3 Å². The highest BCUT2D eigenvalue weighted by atomic mass is 16.2. The zero-order chi connectivity index (χ0) is 19.9. The fraction of sp³-hybridized carbons (Fsp3) is 0.300. The van der Waals surface area contributed by atoms with Crippen LogP contribution in [0.5, 0.6) is 0 Å². The lowest BCUT2D eigenvalue weighted by Crippen LogP contribution is -2.27. The minimum Gasteiger partial charge on any atom is -0.336 e. The van der Waals surface area contributed by atoms with Crippen molar-refractivity contribution in [3.8, 4) is 0 Å². The van der Waals surface area contributed by atoms with Crippen LogP contribution in [-0.4, -0.2) is 39.6 Å². The van der Waals surface area contributed by atoms with Gasteiger partial charge in [0, 0.05) is 36.1 Å². The van der Waals surface area contributed by atoms with Crippen LogP contribution in [0.1, 0.15) is 36.8 Å². The van der Waals surface area contributed by atoms with Crippen molar-refractivity contribution in [3.63, 3.8) is 0 Å². The molecule has 0 spiro atoms. The average Bonchev–Trinajstić information content (AvgIpc) is 3.27. The van der Waals surface area contributed by atoms with E-state index in [1.165, 1.54) is 6.20 Å². The highest BCUT2D eigenvalue weighted by molar-refractivity contribution is 6.08. The van der Waals surface area contributed by atoms with Gasteiger partial charge in [-0.15, -0.1) is 0 Å². The van der Waals surface area contributed by atoms with E-state index in [1.807, 2.05) is 18.2 Å². The first-order valence-corrected chi connectivity index (χ1v) is 9.14. The van der Waals surface area contributed by atoms with Gasteiger partial charge in [0.25, 0.3) is 5.91 Å². The van der Waals surface area contributed by atoms with Crippen molar-refractivity contribution in [2.24, 2.45) is 0 Å². The van der Waals surface area contributed by atoms with E-state index in [4.69, 9.17) is 0 Å². The lowest BCUT2D eigenvalue weighted by Gasteiger charge is -2.19. The summed E-state index contributed by atoms with van der Waals surface area (Å²) in [5.41, 5.74) is 3.09. The molecule has 1 aliphatic heterocycles. The van der Waals surface area contributed by atoms with Gasteiger partial charge in [0.2, 0.25) is 0 Å². The number of amides is 3. The highest BCUT2D eigenvalue weighted by Gasteiger charge is 2.23. The van der Waals surface area contributed by atoms with E-state index in [2.05, 4.69) is 41.5 Å². The molecule has 0 saturated carbocycles. The molecule has 8 heteroatoms. The Kier molecular flexibility index (Phi) is 4.26. The van der Waals surface area contributed by atoms with Gasteiger partial charge in [-0.2, -0.15) is 5.10 Å². The predicted molar refractivity (Wildman–Crippen MR) is 107 cm³/mol. The largest absolute Gasteiger partial charge is 0.336 e. The molecule has 28 heavy (non-hydrogen) atoms. The van der Waals surface area contributed by atoms with Crippen LogP contribution in [0.3, 0.4) is 0 Å². The summed E-state index contributed by atoms with van der Waals surface area (Å²) in [5, 5.41) is 10.0. The number of benzene rings is 1. The van der Waals surface area contributed by atoms with Gasteiger partial charge in [0.1, 0.15) is 5.56 Å². The van der Waals surface area contributed by atoms with Crippen molar-refractivity contribution in [1.29, 1.82) is 0 Å². The monoisotopic (exact) mass is 378 g/mol. The maximum absolute atomic E-state index is 12.8. The van der Waals surface area contributed by atoms with Crippen LogP contribution in [0.15, 0.2) is 42.7 Å². The molecular formula is C20H22N6O2. The van der Waals surface area contributed by atoms with Crippen molar-refractivity contribution in [2.75, 3.05) is 23.3 Å². The molecule has 4 rings (SSSR count). The van der Waals surface area contributed by atoms with E-state index < -0.39 is 0 Å². The Morgan fingerprint density at radius 3 is 2.79 bits per heavy atom. The Morgan fingerprint density at radius 1 is 1.25 bits per heavy atom. The van der Waals surface area contributed by atoms with Crippen molar-refractivity contribution in [3.05, 3.63) is 54.0 Å². The van der Waals surface area contributed by atoms with E-state index in [0.29, 0.717) is 30.0 Å². The second kappa shape index (κ2) is 6.63. The molecule has 1 fully saturated rings. The van der Waals surface area contributed by atoms with Gasteiger partial charge in [0.15, 0.2) is 5.65 Å². The molecule has 1 aromatic carbocycles. The second-order valence-corrected chi connectivity index (χ2v) is 7.76. The van der Waals surface area contributed by atoms with E-state index in [9.17, 15) is 9.59 Å². The van der Waals surface area contributed by atoms with Crippen LogP contribution in [0.4, 0.5) is 16.2 Å². The number of rotatable bonds is 3. The maximum Gasteiger partial charge on any atom is 0.321 e. The van der Waals surface area contributed by atoms with Crippen LogP contribution in [0.25, 0.3) is 5.65 Å². The van der Waals surface area contributed by atoms with Gasteiger partial charge in [-0.25, -0.2) is 14.3 Å². The van der Waals surface area contributed by atoms with E-state index in [0.717, 1.165) is 11.4 Å². The number of carbonyl (C=O) groups is 2. The topological polar surface area (TPSA) is 91.6 Å². The predicted octanol–water partition coefficient (Wildman–Crippen LogP) is 2.81. The number of carbonyl (C=O) groups excluding carboxylic acids is 2. The van der Waals surface area contributed by atoms with Crippen LogP contribution in [0.2, 0.25) is 0 Å². The van der Waals surface area contributed by atoms with Gasteiger partial charge in [0.05, 0.1) is 11.9 Å². The zero-order valence-corrected chi connectivity index (χ0v) is 16.1. The summed E-state index contributed by atoms with van der Waals surface area (Å²) in [6.07, 6.45) is 3.23. The number of hydrogen-bond acceptors (Lipinski definition) is 4. The van der Waals surface area contributed by atoms with Crippen molar-refractivity contribution in [1.82, 2.24) is 19.9 Å². The first-order valence-electron chi connectivity index (χ1n) is 9.14. The lowest BCUT2D eigenvalue weighted by molar-refractivity contribution is 0.102. The van der Waals surface area contributed by atoms with E-state index in [1.54, 1.807) is 27.7 Å². The van der Waals surface area contributed by atoms with Crippen LogP contribution < -0.4 is 15.5 Å². The van der Waals surface area contributed by atoms with Gasteiger partial charge >= 0.3 is 6.03 Å². The quantitative estimate of drug-likeness (QED) is 0.733. The molecule has 1 aliphatic rings. The maximum atomic E-state index is 12.8. The molecule has 0 aliphatic carbocycles. The summed E-state index contributed by atoms with van der Waals surface area (Å²) in [5.74, 6) is -0.295. The molecule has 0 bridgehead atoms. The molecule has 1 saturated heterocycles. The van der Waals surface area contributed by atoms with Crippen molar-refractivity contribution in [2.45, 2.75) is 26.2 Å². The van der Waals surface area contributed by atoms with Crippen molar-refractivity contribution < 1.29 is 9.59 Å². The Bertz CT molecular complexity index is 1070. The Labute approximate surface area is 162 Å². The Morgan fingerprint density at radius 2 is 2.07 bits per heavy atom. The van der Waals surface area contributed by atoms with Crippen molar-refractivity contribution >= 4 is 29.0 Å².